The standard InChI is InChI=1S/C23H23BrN2O2/c1-12(2)17-7-5-6-13(3)20(17)25-23(28)19-11-26-14(4)8-15-9-16(24)10-18(21(15)26)22(19)27/h5-7,9-12,14H,8H2,1-4H3,(H,25,28). The second-order valence-electron chi connectivity index (χ2n) is 7.94. The van der Waals surface area contributed by atoms with E-state index in [4.69, 9.17) is 0 Å². The van der Waals surface area contributed by atoms with Gasteiger partial charge >= 0.3 is 0 Å². The summed E-state index contributed by atoms with van der Waals surface area (Å²) >= 11 is 3.50. The van der Waals surface area contributed by atoms with Gasteiger partial charge in [0.05, 0.1) is 5.52 Å². The fourth-order valence-corrected chi connectivity index (χ4v) is 4.65. The lowest BCUT2D eigenvalue weighted by atomic mass is 9.98. The van der Waals surface area contributed by atoms with Gasteiger partial charge < -0.3 is 9.88 Å². The van der Waals surface area contributed by atoms with Gasteiger partial charge in [0.15, 0.2) is 0 Å². The number of carbonyl (C=O) groups excluding carboxylic acids is 1. The van der Waals surface area contributed by atoms with Crippen LogP contribution >= 0.6 is 15.9 Å². The number of hydrogen-bond acceptors (Lipinski definition) is 2. The molecule has 0 aliphatic carbocycles. The third-order valence-corrected chi connectivity index (χ3v) is 6.03. The molecule has 0 saturated heterocycles. The minimum absolute atomic E-state index is 0.184. The molecule has 1 amide bonds. The van der Waals surface area contributed by atoms with Gasteiger partial charge in [-0.3, -0.25) is 9.59 Å². The van der Waals surface area contributed by atoms with E-state index in [-0.39, 0.29) is 28.9 Å². The van der Waals surface area contributed by atoms with E-state index in [0.717, 1.165) is 38.8 Å². The Kier molecular flexibility index (Phi) is 4.66. The van der Waals surface area contributed by atoms with Crippen molar-refractivity contribution in [2.24, 2.45) is 0 Å². The molecule has 3 aromatic rings. The smallest absolute Gasteiger partial charge is 0.261 e. The highest BCUT2D eigenvalue weighted by atomic mass is 79.9. The Hall–Kier alpha value is -2.40. The number of hydrogen-bond donors (Lipinski definition) is 1. The number of carbonyl (C=O) groups is 1. The van der Waals surface area contributed by atoms with E-state index in [1.165, 1.54) is 0 Å². The van der Waals surface area contributed by atoms with Crippen molar-refractivity contribution in [3.63, 3.8) is 0 Å². The molecule has 1 unspecified atom stereocenters. The second-order valence-corrected chi connectivity index (χ2v) is 8.86. The van der Waals surface area contributed by atoms with Crippen LogP contribution in [0.4, 0.5) is 5.69 Å². The van der Waals surface area contributed by atoms with E-state index < -0.39 is 0 Å². The van der Waals surface area contributed by atoms with E-state index in [2.05, 4.69) is 52.7 Å². The largest absolute Gasteiger partial charge is 0.343 e. The summed E-state index contributed by atoms with van der Waals surface area (Å²) in [6, 6.07) is 10.1. The van der Waals surface area contributed by atoms with E-state index in [9.17, 15) is 9.59 Å². The number of amides is 1. The van der Waals surface area contributed by atoms with Gasteiger partial charge in [0.1, 0.15) is 5.56 Å². The van der Waals surface area contributed by atoms with Crippen molar-refractivity contribution in [1.82, 2.24) is 4.57 Å². The summed E-state index contributed by atoms with van der Waals surface area (Å²) in [4.78, 5) is 26.3. The van der Waals surface area contributed by atoms with E-state index in [0.29, 0.717) is 5.39 Å². The molecule has 2 aromatic carbocycles. The first-order chi connectivity index (χ1) is 13.3. The molecule has 28 heavy (non-hydrogen) atoms. The lowest BCUT2D eigenvalue weighted by Gasteiger charge is -2.17. The van der Waals surface area contributed by atoms with Gasteiger partial charge in [0.25, 0.3) is 5.91 Å². The average molecular weight is 439 g/mol. The minimum Gasteiger partial charge on any atom is -0.343 e. The molecule has 2 heterocycles. The maximum Gasteiger partial charge on any atom is 0.261 e. The molecule has 4 rings (SSSR count). The summed E-state index contributed by atoms with van der Waals surface area (Å²) in [6.07, 6.45) is 2.58. The number of anilines is 1. The maximum absolute atomic E-state index is 13.2. The fourth-order valence-electron chi connectivity index (χ4n) is 4.15. The molecular formula is C23H23BrN2O2. The number of para-hydroxylation sites is 1. The zero-order valence-electron chi connectivity index (χ0n) is 16.5. The molecule has 1 N–H and O–H groups in total. The number of rotatable bonds is 3. The third kappa shape index (κ3) is 2.98. The fraction of sp³-hybridized carbons (Fsp3) is 0.304. The number of aryl methyl sites for hydroxylation is 1. The SMILES string of the molecule is Cc1cccc(C(C)C)c1NC(=O)c1cn2c3c(cc(Br)cc3c1=O)CC2C. The lowest BCUT2D eigenvalue weighted by Crippen LogP contribution is -2.24. The molecule has 0 bridgehead atoms. The van der Waals surface area contributed by atoms with Gasteiger partial charge in [-0.15, -0.1) is 0 Å². The van der Waals surface area contributed by atoms with Gasteiger partial charge in [-0.2, -0.15) is 0 Å². The molecule has 1 aromatic heterocycles. The Morgan fingerprint density at radius 1 is 1.29 bits per heavy atom. The van der Waals surface area contributed by atoms with Gasteiger partial charge in [-0.05, 0) is 55.0 Å². The zero-order chi connectivity index (χ0) is 20.2. The highest BCUT2D eigenvalue weighted by Gasteiger charge is 2.25. The number of nitrogens with one attached hydrogen (secondary N) is 1. The van der Waals surface area contributed by atoms with E-state index in [1.54, 1.807) is 6.20 Å². The maximum atomic E-state index is 13.2. The molecule has 0 fully saturated rings. The topological polar surface area (TPSA) is 51.1 Å². The quantitative estimate of drug-likeness (QED) is 0.581. The lowest BCUT2D eigenvalue weighted by molar-refractivity contribution is 0.102. The van der Waals surface area contributed by atoms with Gasteiger partial charge in [0, 0.05) is 27.8 Å². The van der Waals surface area contributed by atoms with E-state index >= 15 is 0 Å². The predicted molar refractivity (Wildman–Crippen MR) is 118 cm³/mol. The molecule has 1 aliphatic rings. The van der Waals surface area contributed by atoms with Crippen molar-refractivity contribution >= 4 is 38.4 Å². The van der Waals surface area contributed by atoms with Crippen molar-refractivity contribution in [2.75, 3.05) is 5.32 Å². The highest BCUT2D eigenvalue weighted by molar-refractivity contribution is 9.10. The first kappa shape index (κ1) is 18.9. The van der Waals surface area contributed by atoms with Crippen molar-refractivity contribution < 1.29 is 4.79 Å². The highest BCUT2D eigenvalue weighted by Crippen LogP contribution is 2.34. The van der Waals surface area contributed by atoms with Crippen LogP contribution in [0.3, 0.4) is 0 Å². The summed E-state index contributed by atoms with van der Waals surface area (Å²) in [5.41, 5.74) is 4.90. The molecule has 0 saturated carbocycles. The van der Waals surface area contributed by atoms with Gasteiger partial charge in [-0.25, -0.2) is 0 Å². The van der Waals surface area contributed by atoms with Crippen molar-refractivity contribution in [2.45, 2.75) is 46.1 Å². The summed E-state index contributed by atoms with van der Waals surface area (Å²) in [7, 11) is 0. The van der Waals surface area contributed by atoms with Crippen molar-refractivity contribution in [3.8, 4) is 0 Å². The zero-order valence-corrected chi connectivity index (χ0v) is 18.1. The Balaban J connectivity index is 1.85. The number of halogens is 1. The Morgan fingerprint density at radius 2 is 2.04 bits per heavy atom. The first-order valence-corrected chi connectivity index (χ1v) is 10.4. The predicted octanol–water partition coefficient (Wildman–Crippen LogP) is 5.57. The van der Waals surface area contributed by atoms with Gasteiger partial charge in [0.2, 0.25) is 5.43 Å². The normalized spacial score (nSPS) is 15.4. The minimum atomic E-state index is -0.354. The molecular weight excluding hydrogens is 416 g/mol. The number of pyridine rings is 1. The summed E-state index contributed by atoms with van der Waals surface area (Å²) in [5, 5.41) is 3.61. The van der Waals surface area contributed by atoms with Crippen LogP contribution in [0.25, 0.3) is 10.9 Å². The van der Waals surface area contributed by atoms with Crippen LogP contribution in [0.1, 0.15) is 59.8 Å². The van der Waals surface area contributed by atoms with Crippen LogP contribution in [0.5, 0.6) is 0 Å². The molecule has 144 valence electrons. The Morgan fingerprint density at radius 3 is 2.75 bits per heavy atom. The molecule has 0 radical (unpaired) electrons. The van der Waals surface area contributed by atoms with E-state index in [1.807, 2.05) is 31.2 Å². The molecule has 0 spiro atoms. The number of benzene rings is 2. The van der Waals surface area contributed by atoms with Crippen LogP contribution in [0, 0.1) is 6.92 Å². The summed E-state index contributed by atoms with van der Waals surface area (Å²) in [5.74, 6) is -0.0865. The summed E-state index contributed by atoms with van der Waals surface area (Å²) < 4.78 is 2.93. The molecule has 5 heteroatoms. The number of nitrogens with zero attached hydrogens (tertiary/aromatic N) is 1. The van der Waals surface area contributed by atoms with Crippen LogP contribution in [-0.2, 0) is 6.42 Å². The second kappa shape index (κ2) is 6.89. The van der Waals surface area contributed by atoms with Crippen molar-refractivity contribution in [3.05, 3.63) is 73.5 Å². The van der Waals surface area contributed by atoms with Gasteiger partial charge in [-0.1, -0.05) is 48.0 Å². The van der Waals surface area contributed by atoms with Crippen LogP contribution in [0.2, 0.25) is 0 Å². The monoisotopic (exact) mass is 438 g/mol. The van der Waals surface area contributed by atoms with Crippen LogP contribution in [-0.4, -0.2) is 10.5 Å². The average Bonchev–Trinajstić information content (AvgIpc) is 2.94. The number of aromatic nitrogens is 1. The molecule has 4 nitrogen and oxygen atoms in total. The third-order valence-electron chi connectivity index (χ3n) is 5.57. The van der Waals surface area contributed by atoms with Crippen LogP contribution < -0.4 is 10.7 Å². The Labute approximate surface area is 172 Å². The molecule has 1 atom stereocenters. The van der Waals surface area contributed by atoms with Crippen molar-refractivity contribution in [1.29, 1.82) is 0 Å². The summed E-state index contributed by atoms with van der Waals surface area (Å²) in [6.45, 7) is 8.27. The first-order valence-electron chi connectivity index (χ1n) is 9.56. The van der Waals surface area contributed by atoms with Crippen LogP contribution in [0.15, 0.2) is 45.8 Å². The molecule has 1 aliphatic heterocycles. The Bertz CT molecular complexity index is 1180.